The van der Waals surface area contributed by atoms with Crippen molar-refractivity contribution in [2.45, 2.75) is 48.1 Å². The predicted molar refractivity (Wildman–Crippen MR) is 119 cm³/mol. The van der Waals surface area contributed by atoms with Crippen LogP contribution < -0.4 is 9.47 Å². The zero-order valence-electron chi connectivity index (χ0n) is 18.2. The molecule has 0 radical (unpaired) electrons. The van der Waals surface area contributed by atoms with Gasteiger partial charge >= 0.3 is 11.9 Å². The summed E-state index contributed by atoms with van der Waals surface area (Å²) in [6, 6.07) is 9.72. The molecule has 0 heterocycles. The van der Waals surface area contributed by atoms with Gasteiger partial charge in [-0.1, -0.05) is 53.7 Å². The smallest absolute Gasteiger partial charge is 0.313 e. The van der Waals surface area contributed by atoms with Crippen LogP contribution in [0.15, 0.2) is 30.3 Å². The van der Waals surface area contributed by atoms with E-state index in [1.807, 2.05) is 6.07 Å². The lowest BCUT2D eigenvalue weighted by molar-refractivity contribution is -0.140. The van der Waals surface area contributed by atoms with Crippen molar-refractivity contribution in [3.8, 4) is 11.5 Å². The van der Waals surface area contributed by atoms with Crippen molar-refractivity contribution in [3.63, 3.8) is 0 Å². The van der Waals surface area contributed by atoms with Crippen molar-refractivity contribution in [3.05, 3.63) is 35.9 Å². The highest BCUT2D eigenvalue weighted by atomic mass is 35.5. The fraction of sp³-hybridized carbons (Fsp3) is 0.478. The van der Waals surface area contributed by atoms with Crippen LogP contribution in [0.3, 0.4) is 0 Å². The van der Waals surface area contributed by atoms with Crippen LogP contribution in [-0.2, 0) is 16.1 Å². The molecule has 2 rings (SSSR count). The molecule has 0 amide bonds. The van der Waals surface area contributed by atoms with Gasteiger partial charge in [-0.25, -0.2) is 0 Å². The Bertz CT molecular complexity index is 844. The van der Waals surface area contributed by atoms with E-state index in [0.29, 0.717) is 0 Å². The normalized spacial score (nSPS) is 11.1. The summed E-state index contributed by atoms with van der Waals surface area (Å²) >= 11 is 0. The molecule has 0 aliphatic rings. The molecule has 0 saturated heterocycles. The number of fused-ring (bicyclic) bond motifs is 1. The van der Waals surface area contributed by atoms with Crippen LogP contribution in [0.1, 0.15) is 47.1 Å². The van der Waals surface area contributed by atoms with Gasteiger partial charge in [-0.05, 0) is 47.6 Å². The second kappa shape index (κ2) is 11.2. The van der Waals surface area contributed by atoms with E-state index >= 15 is 0 Å². The first-order valence-electron chi connectivity index (χ1n) is 9.97. The largest absolute Gasteiger partial charge is 0.422 e. The molecule has 0 N–H and O–H groups in total. The van der Waals surface area contributed by atoms with Gasteiger partial charge in [0, 0.05) is 6.54 Å². The summed E-state index contributed by atoms with van der Waals surface area (Å²) in [5, 5.41) is 1.87. The highest BCUT2D eigenvalue weighted by Gasteiger charge is 2.19. The summed E-state index contributed by atoms with van der Waals surface area (Å²) in [4.78, 5) is 26.6. The minimum Gasteiger partial charge on any atom is -0.422 e. The van der Waals surface area contributed by atoms with Gasteiger partial charge in [-0.2, -0.15) is 0 Å². The van der Waals surface area contributed by atoms with Crippen molar-refractivity contribution in [2.75, 3.05) is 13.1 Å². The minimum atomic E-state index is -0.362. The average Bonchev–Trinajstić information content (AvgIpc) is 2.66. The molecule has 0 spiro atoms. The summed E-state index contributed by atoms with van der Waals surface area (Å²) in [5.74, 6) is -0.726. The van der Waals surface area contributed by atoms with Crippen molar-refractivity contribution in [2.24, 2.45) is 11.8 Å². The monoisotopic (exact) mass is 421 g/mol. The fourth-order valence-corrected chi connectivity index (χ4v) is 2.72. The first-order chi connectivity index (χ1) is 13.2. The van der Waals surface area contributed by atoms with Gasteiger partial charge in [0.2, 0.25) is 0 Å². The SMILES string of the molecule is CCN(CC)Cc1ccc2cc(OC(=O)C(C)C)c(OC(=O)C(C)C)cc2c1.Cl. The van der Waals surface area contributed by atoms with E-state index < -0.39 is 0 Å². The van der Waals surface area contributed by atoms with Crippen LogP contribution in [0.4, 0.5) is 0 Å². The Hall–Kier alpha value is -2.11. The van der Waals surface area contributed by atoms with Crippen LogP contribution in [-0.4, -0.2) is 29.9 Å². The van der Waals surface area contributed by atoms with E-state index in [0.717, 1.165) is 30.4 Å². The number of benzene rings is 2. The Morgan fingerprint density at radius 2 is 1.31 bits per heavy atom. The van der Waals surface area contributed by atoms with Crippen LogP contribution in [0.5, 0.6) is 11.5 Å². The van der Waals surface area contributed by atoms with E-state index in [4.69, 9.17) is 9.47 Å². The van der Waals surface area contributed by atoms with Gasteiger partial charge in [0.25, 0.3) is 0 Å². The van der Waals surface area contributed by atoms with E-state index in [2.05, 4.69) is 30.9 Å². The Morgan fingerprint density at radius 1 is 0.828 bits per heavy atom. The Morgan fingerprint density at radius 3 is 1.76 bits per heavy atom. The van der Waals surface area contributed by atoms with Gasteiger partial charge in [0.05, 0.1) is 11.8 Å². The lowest BCUT2D eigenvalue weighted by atomic mass is 10.1. The summed E-state index contributed by atoms with van der Waals surface area (Å²) < 4.78 is 11.0. The standard InChI is InChI=1S/C23H31NO4.ClH/c1-7-24(8-2)14-17-9-10-18-12-20(27-22(25)15(3)4)21(13-19(18)11-17)28-23(26)16(5)6;/h9-13,15-16H,7-8,14H2,1-6H3;1H. The maximum atomic E-state index is 12.1. The fourth-order valence-electron chi connectivity index (χ4n) is 2.72. The molecule has 0 aliphatic heterocycles. The molecule has 29 heavy (non-hydrogen) atoms. The molecule has 0 unspecified atom stereocenters. The molecule has 2 aromatic carbocycles. The maximum Gasteiger partial charge on any atom is 0.313 e. The van der Waals surface area contributed by atoms with Crippen molar-refractivity contribution < 1.29 is 19.1 Å². The van der Waals surface area contributed by atoms with E-state index in [-0.39, 0.29) is 47.7 Å². The van der Waals surface area contributed by atoms with Crippen molar-refractivity contribution in [1.29, 1.82) is 0 Å². The minimum absolute atomic E-state index is 0. The van der Waals surface area contributed by atoms with Crippen LogP contribution in [0.25, 0.3) is 10.8 Å². The third-order valence-electron chi connectivity index (χ3n) is 4.63. The maximum absolute atomic E-state index is 12.1. The summed E-state index contributed by atoms with van der Waals surface area (Å²) in [5.41, 5.74) is 1.18. The number of rotatable bonds is 8. The summed E-state index contributed by atoms with van der Waals surface area (Å²) in [7, 11) is 0. The number of carbonyl (C=O) groups excluding carboxylic acids is 2. The number of hydrogen-bond donors (Lipinski definition) is 0. The molecule has 6 heteroatoms. The first kappa shape index (κ1) is 24.9. The lowest BCUT2D eigenvalue weighted by Gasteiger charge is -2.18. The Balaban J connectivity index is 0.00000420. The van der Waals surface area contributed by atoms with Crippen LogP contribution in [0.2, 0.25) is 0 Å². The molecule has 0 aromatic heterocycles. The average molecular weight is 422 g/mol. The quantitative estimate of drug-likeness (QED) is 0.431. The van der Waals surface area contributed by atoms with Gasteiger partial charge in [0.15, 0.2) is 11.5 Å². The molecule has 0 bridgehead atoms. The van der Waals surface area contributed by atoms with Crippen LogP contribution in [0, 0.1) is 11.8 Å². The Labute approximate surface area is 179 Å². The molecule has 0 atom stereocenters. The lowest BCUT2D eigenvalue weighted by Crippen LogP contribution is -2.22. The van der Waals surface area contributed by atoms with Gasteiger partial charge < -0.3 is 9.47 Å². The molecule has 5 nitrogen and oxygen atoms in total. The molecule has 160 valence electrons. The topological polar surface area (TPSA) is 55.8 Å². The third-order valence-corrected chi connectivity index (χ3v) is 4.63. The second-order valence-corrected chi connectivity index (χ2v) is 7.59. The third kappa shape index (κ3) is 6.72. The highest BCUT2D eigenvalue weighted by molar-refractivity contribution is 5.89. The number of halogens is 1. The van der Waals surface area contributed by atoms with E-state index in [9.17, 15) is 9.59 Å². The van der Waals surface area contributed by atoms with Crippen molar-refractivity contribution >= 4 is 35.1 Å². The molecule has 0 fully saturated rings. The second-order valence-electron chi connectivity index (χ2n) is 7.59. The summed E-state index contributed by atoms with van der Waals surface area (Å²) in [6.07, 6.45) is 0. The molecular formula is C23H32ClNO4. The Kier molecular flexibility index (Phi) is 9.60. The zero-order valence-corrected chi connectivity index (χ0v) is 19.0. The highest BCUT2D eigenvalue weighted by Crippen LogP contribution is 2.34. The van der Waals surface area contributed by atoms with Gasteiger partial charge in [-0.3, -0.25) is 14.5 Å². The number of carbonyl (C=O) groups is 2. The summed E-state index contributed by atoms with van der Waals surface area (Å²) in [6.45, 7) is 14.2. The van der Waals surface area contributed by atoms with Gasteiger partial charge in [0.1, 0.15) is 0 Å². The molecule has 0 saturated carbocycles. The first-order valence-corrected chi connectivity index (χ1v) is 9.97. The number of esters is 2. The number of ether oxygens (including phenoxy) is 2. The van der Waals surface area contributed by atoms with Gasteiger partial charge in [-0.15, -0.1) is 12.4 Å². The predicted octanol–water partition coefficient (Wildman–Crippen LogP) is 5.23. The molecule has 0 aliphatic carbocycles. The van der Waals surface area contributed by atoms with E-state index in [1.54, 1.807) is 39.8 Å². The number of hydrogen-bond acceptors (Lipinski definition) is 5. The van der Waals surface area contributed by atoms with Crippen molar-refractivity contribution in [1.82, 2.24) is 4.90 Å². The molecular weight excluding hydrogens is 390 g/mol. The number of nitrogens with zero attached hydrogens (tertiary/aromatic N) is 1. The van der Waals surface area contributed by atoms with E-state index in [1.165, 1.54) is 5.56 Å². The zero-order chi connectivity index (χ0) is 20.8. The van der Waals surface area contributed by atoms with Crippen LogP contribution >= 0.6 is 12.4 Å². The molecule has 2 aromatic rings.